The molecule has 0 aromatic rings. The van der Waals surface area contributed by atoms with Gasteiger partial charge in [0.05, 0.1) is 0 Å². The summed E-state index contributed by atoms with van der Waals surface area (Å²) in [5, 5.41) is 11.1. The van der Waals surface area contributed by atoms with E-state index < -0.39 is 17.9 Å². The Kier molecular flexibility index (Phi) is 6.21. The maximum absolute atomic E-state index is 12.0. The molecule has 1 fully saturated rings. The van der Waals surface area contributed by atoms with Gasteiger partial charge in [-0.1, -0.05) is 19.3 Å². The van der Waals surface area contributed by atoms with E-state index in [1.807, 2.05) is 0 Å². The van der Waals surface area contributed by atoms with E-state index in [-0.39, 0.29) is 11.1 Å². The summed E-state index contributed by atoms with van der Waals surface area (Å²) in [6.45, 7) is 4.02. The van der Waals surface area contributed by atoms with Gasteiger partial charge in [0.1, 0.15) is 0 Å². The van der Waals surface area contributed by atoms with Crippen molar-refractivity contribution < 1.29 is 19.5 Å². The van der Waals surface area contributed by atoms with Gasteiger partial charge in [-0.15, -0.1) is 0 Å². The molecule has 20 heavy (non-hydrogen) atoms. The van der Waals surface area contributed by atoms with E-state index in [4.69, 9.17) is 5.11 Å². The molecule has 1 heterocycles. The fourth-order valence-electron chi connectivity index (χ4n) is 2.05. The third kappa shape index (κ3) is 4.68. The van der Waals surface area contributed by atoms with E-state index in [2.05, 4.69) is 5.32 Å². The summed E-state index contributed by atoms with van der Waals surface area (Å²) in [4.78, 5) is 36.2. The second-order valence-corrected chi connectivity index (χ2v) is 5.07. The van der Waals surface area contributed by atoms with Crippen LogP contribution in [0.4, 0.5) is 4.79 Å². The van der Waals surface area contributed by atoms with E-state index in [1.165, 1.54) is 20.3 Å². The van der Waals surface area contributed by atoms with Gasteiger partial charge >= 0.3 is 12.0 Å². The van der Waals surface area contributed by atoms with Gasteiger partial charge in [-0.25, -0.2) is 9.59 Å². The molecule has 1 saturated heterocycles. The van der Waals surface area contributed by atoms with Crippen molar-refractivity contribution in [2.75, 3.05) is 13.1 Å². The zero-order chi connectivity index (χ0) is 15.1. The number of hydrogen-bond donors (Lipinski definition) is 2. The lowest BCUT2D eigenvalue weighted by molar-refractivity contribution is -0.133. The number of imide groups is 1. The van der Waals surface area contributed by atoms with Crippen LogP contribution in [0.1, 0.15) is 46.0 Å². The first-order valence-corrected chi connectivity index (χ1v) is 6.94. The van der Waals surface area contributed by atoms with Crippen LogP contribution in [0.15, 0.2) is 11.1 Å². The molecule has 1 rings (SSSR count). The van der Waals surface area contributed by atoms with Gasteiger partial charge in [-0.3, -0.25) is 10.1 Å². The van der Waals surface area contributed by atoms with E-state index in [9.17, 15) is 14.4 Å². The minimum atomic E-state index is -1.16. The van der Waals surface area contributed by atoms with Crippen molar-refractivity contribution in [2.45, 2.75) is 46.0 Å². The lowest BCUT2D eigenvalue weighted by Gasteiger charge is -2.24. The number of carboxylic acids is 1. The molecule has 1 aliphatic heterocycles. The molecule has 0 aromatic heterocycles. The van der Waals surface area contributed by atoms with Crippen LogP contribution < -0.4 is 5.32 Å². The predicted octanol–water partition coefficient (Wildman–Crippen LogP) is 1.91. The van der Waals surface area contributed by atoms with Crippen LogP contribution in [0.3, 0.4) is 0 Å². The number of nitrogens with zero attached hydrogens (tertiary/aromatic N) is 1. The summed E-state index contributed by atoms with van der Waals surface area (Å²) in [6.07, 6.45) is 5.24. The average Bonchev–Trinajstić information content (AvgIpc) is 2.36. The van der Waals surface area contributed by atoms with Crippen molar-refractivity contribution in [1.82, 2.24) is 10.2 Å². The van der Waals surface area contributed by atoms with E-state index >= 15 is 0 Å². The maximum Gasteiger partial charge on any atom is 0.331 e. The molecule has 2 N–H and O–H groups in total. The Bertz CT molecular complexity index is 421. The predicted molar refractivity (Wildman–Crippen MR) is 74.2 cm³/mol. The largest absolute Gasteiger partial charge is 0.478 e. The zero-order valence-corrected chi connectivity index (χ0v) is 12.1. The van der Waals surface area contributed by atoms with Crippen LogP contribution in [0.2, 0.25) is 0 Å². The van der Waals surface area contributed by atoms with Crippen molar-refractivity contribution >= 4 is 17.9 Å². The summed E-state index contributed by atoms with van der Waals surface area (Å²) in [5.74, 6) is -1.80. The number of carbonyl (C=O) groups is 3. The first-order valence-electron chi connectivity index (χ1n) is 6.94. The molecule has 3 amide bonds. The van der Waals surface area contributed by atoms with Gasteiger partial charge in [0, 0.05) is 24.2 Å². The van der Waals surface area contributed by atoms with Crippen molar-refractivity contribution in [3.05, 3.63) is 11.1 Å². The number of urea groups is 1. The molecule has 6 heteroatoms. The van der Waals surface area contributed by atoms with Crippen LogP contribution >= 0.6 is 0 Å². The summed E-state index contributed by atoms with van der Waals surface area (Å²) < 4.78 is 0. The molecule has 0 spiro atoms. The molecule has 0 radical (unpaired) electrons. The first kappa shape index (κ1) is 16.2. The third-order valence-corrected chi connectivity index (χ3v) is 3.59. The van der Waals surface area contributed by atoms with Gasteiger partial charge in [-0.2, -0.15) is 0 Å². The van der Waals surface area contributed by atoms with Crippen molar-refractivity contribution in [3.8, 4) is 0 Å². The number of likely N-dealkylation sites (tertiary alicyclic amines) is 1. The molecule has 0 unspecified atom stereocenters. The Morgan fingerprint density at radius 1 is 0.900 bits per heavy atom. The van der Waals surface area contributed by atoms with Gasteiger partial charge in [-0.05, 0) is 26.7 Å². The molecule has 6 nitrogen and oxygen atoms in total. The monoisotopic (exact) mass is 282 g/mol. The Morgan fingerprint density at radius 3 is 1.90 bits per heavy atom. The highest BCUT2D eigenvalue weighted by molar-refractivity contribution is 6.07. The number of carbonyl (C=O) groups excluding carboxylic acids is 2. The van der Waals surface area contributed by atoms with Crippen molar-refractivity contribution in [3.63, 3.8) is 0 Å². The fourth-order valence-corrected chi connectivity index (χ4v) is 2.05. The van der Waals surface area contributed by atoms with Crippen LogP contribution in [-0.4, -0.2) is 41.0 Å². The Labute approximate surface area is 118 Å². The topological polar surface area (TPSA) is 86.7 Å². The van der Waals surface area contributed by atoms with Crippen LogP contribution in [0.5, 0.6) is 0 Å². The summed E-state index contributed by atoms with van der Waals surface area (Å²) in [7, 11) is 0. The minimum absolute atomic E-state index is 0.0528. The molecule has 0 aromatic carbocycles. The molecule has 0 bridgehead atoms. The maximum atomic E-state index is 12.0. The average molecular weight is 282 g/mol. The van der Waals surface area contributed by atoms with Gasteiger partial charge < -0.3 is 10.0 Å². The Hall–Kier alpha value is -1.85. The molecule has 0 atom stereocenters. The lowest BCUT2D eigenvalue weighted by Crippen LogP contribution is -2.44. The highest BCUT2D eigenvalue weighted by Gasteiger charge is 2.19. The van der Waals surface area contributed by atoms with Crippen molar-refractivity contribution in [2.24, 2.45) is 0 Å². The molecule has 0 saturated carbocycles. The summed E-state index contributed by atoms with van der Waals surface area (Å²) in [6, 6.07) is -0.436. The number of aliphatic carboxylic acids is 1. The quantitative estimate of drug-likeness (QED) is 0.757. The van der Waals surface area contributed by atoms with Gasteiger partial charge in [0.2, 0.25) is 0 Å². The number of hydrogen-bond acceptors (Lipinski definition) is 3. The van der Waals surface area contributed by atoms with Crippen LogP contribution in [-0.2, 0) is 9.59 Å². The highest BCUT2D eigenvalue weighted by atomic mass is 16.4. The lowest BCUT2D eigenvalue weighted by atomic mass is 10.1. The number of carboxylic acid groups (broad SMARTS) is 1. The Balaban J connectivity index is 2.62. The van der Waals surface area contributed by atoms with Crippen LogP contribution in [0, 0.1) is 0 Å². The van der Waals surface area contributed by atoms with Gasteiger partial charge in [0.25, 0.3) is 5.91 Å². The molecule has 0 aliphatic carbocycles. The van der Waals surface area contributed by atoms with Gasteiger partial charge in [0.15, 0.2) is 0 Å². The second kappa shape index (κ2) is 7.67. The summed E-state index contributed by atoms with van der Waals surface area (Å²) >= 11 is 0. The van der Waals surface area contributed by atoms with Crippen LogP contribution in [0.25, 0.3) is 0 Å². The molecular weight excluding hydrogens is 260 g/mol. The fraction of sp³-hybridized carbons (Fsp3) is 0.643. The third-order valence-electron chi connectivity index (χ3n) is 3.59. The molecular formula is C14H22N2O4. The SMILES string of the molecule is CC(C(=O)O)=C(C)C(=O)NC(=O)N1CCCCCCC1. The number of amides is 3. The molecule has 112 valence electrons. The number of rotatable bonds is 2. The molecule has 1 aliphatic rings. The van der Waals surface area contributed by atoms with E-state index in [0.29, 0.717) is 13.1 Å². The summed E-state index contributed by atoms with van der Waals surface area (Å²) in [5.41, 5.74) is 0.000797. The second-order valence-electron chi connectivity index (χ2n) is 5.07. The first-order chi connectivity index (χ1) is 9.43. The van der Waals surface area contributed by atoms with E-state index in [0.717, 1.165) is 25.7 Å². The van der Waals surface area contributed by atoms with Crippen molar-refractivity contribution in [1.29, 1.82) is 0 Å². The van der Waals surface area contributed by atoms with E-state index in [1.54, 1.807) is 4.90 Å². The Morgan fingerprint density at radius 2 is 1.40 bits per heavy atom. The standard InChI is InChI=1S/C14H22N2O4/c1-10(11(2)13(18)19)12(17)15-14(20)16-8-6-4-3-5-7-9-16/h3-9H2,1-2H3,(H,18,19)(H,15,17,20). The highest BCUT2D eigenvalue weighted by Crippen LogP contribution is 2.11. The zero-order valence-electron chi connectivity index (χ0n) is 12.1. The normalized spacial score (nSPS) is 17.6. The number of nitrogens with one attached hydrogen (secondary N) is 1. The smallest absolute Gasteiger partial charge is 0.331 e. The minimum Gasteiger partial charge on any atom is -0.478 e.